The van der Waals surface area contributed by atoms with E-state index in [1.807, 2.05) is 18.2 Å². The predicted octanol–water partition coefficient (Wildman–Crippen LogP) is 5.35. The molecule has 3 rings (SSSR count). The van der Waals surface area contributed by atoms with Gasteiger partial charge >= 0.3 is 0 Å². The van der Waals surface area contributed by atoms with Gasteiger partial charge in [-0.05, 0) is 34.9 Å². The maximum atomic E-state index is 5.83. The quantitative estimate of drug-likeness (QED) is 0.546. The highest BCUT2D eigenvalue weighted by Crippen LogP contribution is 2.23. The van der Waals surface area contributed by atoms with Crippen LogP contribution in [0.15, 0.2) is 59.0 Å². The number of benzene rings is 2. The summed E-state index contributed by atoms with van der Waals surface area (Å²) >= 11 is 0. The summed E-state index contributed by atoms with van der Waals surface area (Å²) in [5.74, 6) is 2.42. The van der Waals surface area contributed by atoms with Gasteiger partial charge in [0.25, 0.3) is 0 Å². The Hall–Kier alpha value is -2.46. The van der Waals surface area contributed by atoms with Crippen LogP contribution in [0.25, 0.3) is 0 Å². The monoisotopic (exact) mass is 377 g/mol. The van der Waals surface area contributed by atoms with Crippen molar-refractivity contribution < 1.29 is 4.42 Å². The van der Waals surface area contributed by atoms with Gasteiger partial charge in [-0.3, -0.25) is 0 Å². The van der Waals surface area contributed by atoms with Crippen molar-refractivity contribution in [3.63, 3.8) is 0 Å². The number of aromatic nitrogens is 2. The predicted molar refractivity (Wildman–Crippen MR) is 113 cm³/mol. The Kier molecular flexibility index (Phi) is 6.99. The molecule has 0 aliphatic carbocycles. The minimum Gasteiger partial charge on any atom is -0.424 e. The Morgan fingerprint density at radius 1 is 0.821 bits per heavy atom. The summed E-state index contributed by atoms with van der Waals surface area (Å²) in [6, 6.07) is 19.4. The van der Waals surface area contributed by atoms with Crippen LogP contribution in [0.3, 0.4) is 0 Å². The van der Waals surface area contributed by atoms with E-state index in [1.165, 1.54) is 16.7 Å². The van der Waals surface area contributed by atoms with Gasteiger partial charge in [0.15, 0.2) is 0 Å². The van der Waals surface area contributed by atoms with E-state index in [-0.39, 0.29) is 6.04 Å². The topological polar surface area (TPSA) is 51.0 Å². The summed E-state index contributed by atoms with van der Waals surface area (Å²) < 4.78 is 5.83. The summed E-state index contributed by atoms with van der Waals surface area (Å²) in [6.07, 6.45) is 1.78. The molecule has 0 saturated heterocycles. The van der Waals surface area contributed by atoms with Crippen molar-refractivity contribution in [3.05, 3.63) is 83.1 Å². The third-order valence-electron chi connectivity index (χ3n) is 4.83. The zero-order valence-electron chi connectivity index (χ0n) is 17.4. The van der Waals surface area contributed by atoms with Gasteiger partial charge in [-0.1, -0.05) is 82.3 Å². The van der Waals surface area contributed by atoms with Gasteiger partial charge in [-0.2, -0.15) is 0 Å². The second-order valence-electron chi connectivity index (χ2n) is 8.19. The molecule has 28 heavy (non-hydrogen) atoms. The molecule has 148 valence electrons. The molecular formula is C24H31N3O. The Morgan fingerprint density at radius 2 is 1.50 bits per heavy atom. The first kappa shape index (κ1) is 20.3. The Balaban J connectivity index is 1.61. The molecule has 0 bridgehead atoms. The second-order valence-corrected chi connectivity index (χ2v) is 8.19. The van der Waals surface area contributed by atoms with E-state index < -0.39 is 0 Å². The fourth-order valence-electron chi connectivity index (χ4n) is 3.47. The fourth-order valence-corrected chi connectivity index (χ4v) is 3.47. The minimum absolute atomic E-state index is 0.248. The lowest BCUT2D eigenvalue weighted by Gasteiger charge is -2.22. The lowest BCUT2D eigenvalue weighted by atomic mass is 9.94. The van der Waals surface area contributed by atoms with E-state index in [2.05, 4.69) is 79.6 Å². The fraction of sp³-hybridized carbons (Fsp3) is 0.417. The summed E-state index contributed by atoms with van der Waals surface area (Å²) in [4.78, 5) is 0. The van der Waals surface area contributed by atoms with Crippen LogP contribution in [0.1, 0.15) is 62.2 Å². The third-order valence-corrected chi connectivity index (χ3v) is 4.83. The number of nitrogens with one attached hydrogen (secondary N) is 1. The minimum atomic E-state index is 0.248. The largest absolute Gasteiger partial charge is 0.424 e. The van der Waals surface area contributed by atoms with Gasteiger partial charge in [-0.25, -0.2) is 0 Å². The molecule has 0 fully saturated rings. The maximum Gasteiger partial charge on any atom is 0.230 e. The molecule has 1 N–H and O–H groups in total. The molecule has 0 radical (unpaired) electrons. The summed E-state index contributed by atoms with van der Waals surface area (Å²) in [5, 5.41) is 12.0. The van der Waals surface area contributed by atoms with Crippen molar-refractivity contribution in [2.45, 2.75) is 53.1 Å². The molecule has 1 aromatic heterocycles. The second kappa shape index (κ2) is 9.65. The highest BCUT2D eigenvalue weighted by atomic mass is 16.4. The van der Waals surface area contributed by atoms with Crippen LogP contribution in [0.5, 0.6) is 0 Å². The van der Waals surface area contributed by atoms with E-state index >= 15 is 0 Å². The van der Waals surface area contributed by atoms with Gasteiger partial charge in [0, 0.05) is 6.04 Å². The van der Waals surface area contributed by atoms with Gasteiger partial charge in [0.05, 0.1) is 13.0 Å². The first-order valence-electron chi connectivity index (χ1n) is 10.2. The van der Waals surface area contributed by atoms with Crippen LogP contribution >= 0.6 is 0 Å². The van der Waals surface area contributed by atoms with E-state index in [4.69, 9.17) is 4.42 Å². The van der Waals surface area contributed by atoms with Crippen molar-refractivity contribution in [3.8, 4) is 0 Å². The highest BCUT2D eigenvalue weighted by molar-refractivity contribution is 5.26. The molecule has 0 aliphatic heterocycles. The van der Waals surface area contributed by atoms with E-state index in [0.29, 0.717) is 36.6 Å². The van der Waals surface area contributed by atoms with Crippen molar-refractivity contribution in [2.75, 3.05) is 0 Å². The maximum absolute atomic E-state index is 5.83. The van der Waals surface area contributed by atoms with Crippen LogP contribution in [0.2, 0.25) is 0 Å². The average molecular weight is 378 g/mol. The average Bonchev–Trinajstić information content (AvgIpc) is 3.10. The van der Waals surface area contributed by atoms with Crippen LogP contribution < -0.4 is 5.32 Å². The molecule has 1 unspecified atom stereocenters. The zero-order valence-corrected chi connectivity index (χ0v) is 17.4. The SMILES string of the molecule is CC(C)Cc1ccc(C(NCc2nnc(Cc3ccccc3)o2)C(C)C)cc1. The van der Waals surface area contributed by atoms with Crippen LogP contribution in [-0.2, 0) is 19.4 Å². The molecule has 1 heterocycles. The molecule has 0 saturated carbocycles. The van der Waals surface area contributed by atoms with Crippen molar-refractivity contribution in [1.29, 1.82) is 0 Å². The summed E-state index contributed by atoms with van der Waals surface area (Å²) in [5.41, 5.74) is 3.86. The van der Waals surface area contributed by atoms with Crippen molar-refractivity contribution in [1.82, 2.24) is 15.5 Å². The molecule has 2 aromatic carbocycles. The summed E-state index contributed by atoms with van der Waals surface area (Å²) in [6.45, 7) is 9.53. The number of rotatable bonds is 9. The first-order valence-corrected chi connectivity index (χ1v) is 10.2. The zero-order chi connectivity index (χ0) is 19.9. The highest BCUT2D eigenvalue weighted by Gasteiger charge is 2.17. The van der Waals surface area contributed by atoms with Gasteiger partial charge < -0.3 is 9.73 Å². The third kappa shape index (κ3) is 5.77. The lowest BCUT2D eigenvalue weighted by Crippen LogP contribution is -2.25. The van der Waals surface area contributed by atoms with Gasteiger partial charge in [0.2, 0.25) is 11.8 Å². The number of hydrogen-bond donors (Lipinski definition) is 1. The molecule has 3 aromatic rings. The van der Waals surface area contributed by atoms with E-state index in [0.717, 1.165) is 6.42 Å². The normalized spacial score (nSPS) is 12.6. The van der Waals surface area contributed by atoms with Crippen molar-refractivity contribution >= 4 is 0 Å². The standard InChI is InChI=1S/C24H31N3O/c1-17(2)14-20-10-12-21(13-11-20)24(18(3)4)25-16-23-27-26-22(28-23)15-19-8-6-5-7-9-19/h5-13,17-18,24-25H,14-16H2,1-4H3. The molecule has 0 aliphatic rings. The van der Waals surface area contributed by atoms with E-state index in [1.54, 1.807) is 0 Å². The summed E-state index contributed by atoms with van der Waals surface area (Å²) in [7, 11) is 0. The number of hydrogen-bond acceptors (Lipinski definition) is 4. The number of nitrogens with zero attached hydrogens (tertiary/aromatic N) is 2. The molecule has 4 nitrogen and oxygen atoms in total. The van der Waals surface area contributed by atoms with Crippen LogP contribution in [0, 0.1) is 11.8 Å². The molecular weight excluding hydrogens is 346 g/mol. The Morgan fingerprint density at radius 3 is 2.14 bits per heavy atom. The molecule has 0 spiro atoms. The first-order chi connectivity index (χ1) is 13.5. The lowest BCUT2D eigenvalue weighted by molar-refractivity contribution is 0.371. The van der Waals surface area contributed by atoms with Crippen LogP contribution in [-0.4, -0.2) is 10.2 Å². The molecule has 1 atom stereocenters. The van der Waals surface area contributed by atoms with Crippen molar-refractivity contribution in [2.24, 2.45) is 11.8 Å². The Labute approximate surface area is 168 Å². The van der Waals surface area contributed by atoms with Gasteiger partial charge in [0.1, 0.15) is 0 Å². The smallest absolute Gasteiger partial charge is 0.230 e. The van der Waals surface area contributed by atoms with Gasteiger partial charge in [-0.15, -0.1) is 10.2 Å². The van der Waals surface area contributed by atoms with E-state index in [9.17, 15) is 0 Å². The molecule has 0 amide bonds. The molecule has 4 heteroatoms. The van der Waals surface area contributed by atoms with Crippen LogP contribution in [0.4, 0.5) is 0 Å². The Bertz CT molecular complexity index is 838.